The smallest absolute Gasteiger partial charge is 0.246 e. The highest BCUT2D eigenvalue weighted by atomic mass is 79.9. The van der Waals surface area contributed by atoms with Crippen LogP contribution in [-0.2, 0) is 0 Å². The molecule has 0 saturated carbocycles. The molecule has 1 aliphatic heterocycles. The fourth-order valence-electron chi connectivity index (χ4n) is 2.91. The number of anilines is 2. The van der Waals surface area contributed by atoms with Crippen LogP contribution in [-0.4, -0.2) is 28.1 Å². The first-order valence-electron chi connectivity index (χ1n) is 7.65. The highest BCUT2D eigenvalue weighted by Gasteiger charge is 2.24. The first-order chi connectivity index (χ1) is 12.2. The lowest BCUT2D eigenvalue weighted by Gasteiger charge is -2.24. The Morgan fingerprint density at radius 2 is 2.24 bits per heavy atom. The third kappa shape index (κ3) is 2.70. The van der Waals surface area contributed by atoms with E-state index in [2.05, 4.69) is 36.0 Å². The molecule has 0 unspecified atom stereocenters. The van der Waals surface area contributed by atoms with E-state index >= 15 is 0 Å². The molecule has 3 heterocycles. The summed E-state index contributed by atoms with van der Waals surface area (Å²) >= 11 is 3.51. The Hall–Kier alpha value is -2.68. The molecule has 0 fully saturated rings. The van der Waals surface area contributed by atoms with Crippen molar-refractivity contribution in [1.82, 2.24) is 15.0 Å². The molecule has 2 aromatic heterocycles. The molecular weight excluding hydrogens is 391 g/mol. The van der Waals surface area contributed by atoms with Crippen molar-refractivity contribution < 1.29 is 9.13 Å². The van der Waals surface area contributed by atoms with Gasteiger partial charge in [-0.2, -0.15) is 4.98 Å². The van der Waals surface area contributed by atoms with Crippen molar-refractivity contribution in [2.24, 2.45) is 10.9 Å². The predicted molar refractivity (Wildman–Crippen MR) is 94.9 cm³/mol. The molecule has 128 valence electrons. The number of fused-ring (bicyclic) bond motifs is 2. The SMILES string of the molecule is N/N=c1/nc(N2CCCOc3c(Br)cccc32)c2c(F)cncc2[nH]1. The Morgan fingerprint density at radius 3 is 3.08 bits per heavy atom. The first kappa shape index (κ1) is 15.8. The number of ether oxygens (including phenoxy) is 1. The normalized spacial score (nSPS) is 15.0. The van der Waals surface area contributed by atoms with Crippen LogP contribution in [0.25, 0.3) is 10.9 Å². The Morgan fingerprint density at radius 1 is 1.36 bits per heavy atom. The summed E-state index contributed by atoms with van der Waals surface area (Å²) in [4.78, 5) is 13.1. The van der Waals surface area contributed by atoms with Crippen molar-refractivity contribution in [1.29, 1.82) is 0 Å². The van der Waals surface area contributed by atoms with Crippen LogP contribution in [0.15, 0.2) is 40.2 Å². The van der Waals surface area contributed by atoms with Crippen molar-refractivity contribution in [3.8, 4) is 5.75 Å². The van der Waals surface area contributed by atoms with Crippen molar-refractivity contribution in [2.45, 2.75) is 6.42 Å². The van der Waals surface area contributed by atoms with Crippen LogP contribution >= 0.6 is 15.9 Å². The molecule has 3 aromatic rings. The molecule has 4 rings (SSSR count). The van der Waals surface area contributed by atoms with Crippen LogP contribution in [0.2, 0.25) is 0 Å². The maximum absolute atomic E-state index is 14.5. The molecule has 1 aliphatic rings. The van der Waals surface area contributed by atoms with Gasteiger partial charge in [0.05, 0.1) is 40.1 Å². The summed E-state index contributed by atoms with van der Waals surface area (Å²) in [7, 11) is 0. The number of hydrogen-bond donors (Lipinski definition) is 2. The lowest BCUT2D eigenvalue weighted by molar-refractivity contribution is 0.321. The number of pyridine rings is 1. The summed E-state index contributed by atoms with van der Waals surface area (Å²) < 4.78 is 21.2. The Balaban J connectivity index is 2.04. The molecule has 7 nitrogen and oxygen atoms in total. The van der Waals surface area contributed by atoms with Gasteiger partial charge in [-0.15, -0.1) is 5.10 Å². The standard InChI is InChI=1S/C16H14BrFN6O/c17-9-3-1-4-12-14(9)25-6-2-5-24(12)15-13-10(18)7-20-8-11(13)21-16(22-15)23-19/h1,3-4,7-8H,2,5-6,19H2,(H,21,22,23). The van der Waals surface area contributed by atoms with E-state index in [0.29, 0.717) is 35.6 Å². The minimum Gasteiger partial charge on any atom is -0.490 e. The average Bonchev–Trinajstić information content (AvgIpc) is 2.84. The van der Waals surface area contributed by atoms with Crippen molar-refractivity contribution in [2.75, 3.05) is 18.1 Å². The van der Waals surface area contributed by atoms with E-state index in [1.807, 2.05) is 23.1 Å². The van der Waals surface area contributed by atoms with Crippen LogP contribution in [0, 0.1) is 5.82 Å². The van der Waals surface area contributed by atoms with Gasteiger partial charge in [0.25, 0.3) is 0 Å². The number of aromatic amines is 1. The summed E-state index contributed by atoms with van der Waals surface area (Å²) in [6, 6.07) is 5.71. The van der Waals surface area contributed by atoms with Gasteiger partial charge < -0.3 is 20.5 Å². The van der Waals surface area contributed by atoms with Gasteiger partial charge in [0, 0.05) is 6.54 Å². The van der Waals surface area contributed by atoms with Gasteiger partial charge in [-0.3, -0.25) is 4.98 Å². The van der Waals surface area contributed by atoms with E-state index < -0.39 is 5.82 Å². The first-order valence-corrected chi connectivity index (χ1v) is 8.44. The molecule has 0 amide bonds. The number of para-hydroxylation sites is 1. The number of hydrogen-bond acceptors (Lipinski definition) is 6. The number of aromatic nitrogens is 3. The zero-order valence-corrected chi connectivity index (χ0v) is 14.6. The second kappa shape index (κ2) is 6.32. The number of nitrogens with zero attached hydrogens (tertiary/aromatic N) is 4. The number of nitrogens with two attached hydrogens (primary N) is 1. The molecular formula is C16H14BrFN6O. The topological polar surface area (TPSA) is 92.4 Å². The quantitative estimate of drug-likeness (QED) is 0.480. The predicted octanol–water partition coefficient (Wildman–Crippen LogP) is 2.55. The monoisotopic (exact) mass is 404 g/mol. The molecule has 0 radical (unpaired) electrons. The summed E-state index contributed by atoms with van der Waals surface area (Å²) in [6.07, 6.45) is 3.44. The number of H-pyrrole nitrogens is 1. The maximum atomic E-state index is 14.5. The van der Waals surface area contributed by atoms with Gasteiger partial charge in [-0.1, -0.05) is 6.07 Å². The summed E-state index contributed by atoms with van der Waals surface area (Å²) in [5.74, 6) is 6.04. The Kier molecular flexibility index (Phi) is 4.00. The highest BCUT2D eigenvalue weighted by molar-refractivity contribution is 9.10. The molecule has 0 saturated heterocycles. The average molecular weight is 405 g/mol. The van der Waals surface area contributed by atoms with E-state index in [-0.39, 0.29) is 5.62 Å². The highest BCUT2D eigenvalue weighted by Crippen LogP contribution is 2.41. The van der Waals surface area contributed by atoms with E-state index in [1.54, 1.807) is 0 Å². The van der Waals surface area contributed by atoms with Crippen molar-refractivity contribution in [3.63, 3.8) is 0 Å². The molecule has 0 bridgehead atoms. The number of nitrogens with one attached hydrogen (secondary N) is 1. The van der Waals surface area contributed by atoms with Gasteiger partial charge in [-0.25, -0.2) is 4.39 Å². The molecule has 25 heavy (non-hydrogen) atoms. The minimum absolute atomic E-state index is 0.191. The van der Waals surface area contributed by atoms with E-state index in [9.17, 15) is 4.39 Å². The van der Waals surface area contributed by atoms with E-state index in [0.717, 1.165) is 22.8 Å². The zero-order valence-electron chi connectivity index (χ0n) is 13.0. The number of benzene rings is 1. The van der Waals surface area contributed by atoms with Gasteiger partial charge in [0.1, 0.15) is 5.82 Å². The van der Waals surface area contributed by atoms with Gasteiger partial charge in [0.15, 0.2) is 11.6 Å². The largest absolute Gasteiger partial charge is 0.490 e. The molecule has 9 heteroatoms. The van der Waals surface area contributed by atoms with Crippen LogP contribution in [0.5, 0.6) is 5.75 Å². The third-order valence-corrected chi connectivity index (χ3v) is 4.59. The second-order valence-electron chi connectivity index (χ2n) is 5.50. The van der Waals surface area contributed by atoms with Gasteiger partial charge in [-0.05, 0) is 34.5 Å². The van der Waals surface area contributed by atoms with Crippen molar-refractivity contribution in [3.05, 3.63) is 46.5 Å². The fraction of sp³-hybridized carbons (Fsp3) is 0.188. The number of halogens is 2. The second-order valence-corrected chi connectivity index (χ2v) is 6.35. The van der Waals surface area contributed by atoms with Crippen LogP contribution in [0.1, 0.15) is 6.42 Å². The van der Waals surface area contributed by atoms with Crippen LogP contribution < -0.4 is 21.1 Å². The summed E-state index contributed by atoms with van der Waals surface area (Å²) in [5.41, 5.74) is 1.46. The molecule has 0 atom stereocenters. The van der Waals surface area contributed by atoms with Crippen LogP contribution in [0.3, 0.4) is 0 Å². The van der Waals surface area contributed by atoms with Gasteiger partial charge in [0.2, 0.25) is 5.62 Å². The zero-order chi connectivity index (χ0) is 17.4. The fourth-order valence-corrected chi connectivity index (χ4v) is 3.38. The minimum atomic E-state index is -0.471. The Labute approximate surface area is 150 Å². The maximum Gasteiger partial charge on any atom is 0.246 e. The molecule has 3 N–H and O–H groups in total. The van der Waals surface area contributed by atoms with E-state index in [4.69, 9.17) is 10.6 Å². The molecule has 0 spiro atoms. The molecule has 0 aliphatic carbocycles. The summed E-state index contributed by atoms with van der Waals surface area (Å²) in [5, 5.41) is 3.95. The molecule has 1 aromatic carbocycles. The lowest BCUT2D eigenvalue weighted by atomic mass is 10.2. The third-order valence-electron chi connectivity index (χ3n) is 3.97. The van der Waals surface area contributed by atoms with Gasteiger partial charge >= 0.3 is 0 Å². The number of rotatable bonds is 1. The Bertz CT molecular complexity index is 1020. The summed E-state index contributed by atoms with van der Waals surface area (Å²) in [6.45, 7) is 1.17. The van der Waals surface area contributed by atoms with Crippen LogP contribution in [0.4, 0.5) is 15.9 Å². The lowest BCUT2D eigenvalue weighted by Crippen LogP contribution is -2.25. The van der Waals surface area contributed by atoms with E-state index in [1.165, 1.54) is 6.20 Å². The van der Waals surface area contributed by atoms with Crippen molar-refractivity contribution >= 4 is 38.3 Å².